The minimum atomic E-state index is -3.66. The Bertz CT molecular complexity index is 453. The van der Waals surface area contributed by atoms with Crippen molar-refractivity contribution in [1.82, 2.24) is 0 Å². The first-order chi connectivity index (χ1) is 6.88. The average molecular weight is 251 g/mol. The van der Waals surface area contributed by atoms with Gasteiger partial charge < -0.3 is 0 Å². The number of rotatable bonds is 4. The van der Waals surface area contributed by atoms with Crippen LogP contribution in [0.5, 0.6) is 0 Å². The zero-order chi connectivity index (χ0) is 11.5. The average Bonchev–Trinajstić information content (AvgIpc) is 2.14. The van der Waals surface area contributed by atoms with Crippen LogP contribution >= 0.6 is 10.7 Å². The summed E-state index contributed by atoms with van der Waals surface area (Å²) in [6.07, 6.45) is -0.197. The van der Waals surface area contributed by atoms with Crippen molar-refractivity contribution in [2.45, 2.75) is 6.42 Å². The van der Waals surface area contributed by atoms with E-state index in [9.17, 15) is 17.6 Å². The number of hydrogen-bond donors (Lipinski definition) is 0. The zero-order valence-corrected chi connectivity index (χ0v) is 9.18. The van der Waals surface area contributed by atoms with Crippen LogP contribution in [0.4, 0.5) is 4.39 Å². The maximum absolute atomic E-state index is 12.5. The Balaban J connectivity index is 2.66. The van der Waals surface area contributed by atoms with Gasteiger partial charge in [0.25, 0.3) is 0 Å². The summed E-state index contributed by atoms with van der Waals surface area (Å²) in [6.45, 7) is 0. The monoisotopic (exact) mass is 250 g/mol. The van der Waals surface area contributed by atoms with E-state index in [1.165, 1.54) is 12.1 Å². The molecule has 1 aromatic rings. The van der Waals surface area contributed by atoms with E-state index in [1.807, 2.05) is 0 Å². The van der Waals surface area contributed by atoms with E-state index in [1.54, 1.807) is 0 Å². The van der Waals surface area contributed by atoms with Crippen molar-refractivity contribution >= 4 is 25.5 Å². The van der Waals surface area contributed by atoms with E-state index in [0.717, 1.165) is 12.1 Å². The van der Waals surface area contributed by atoms with Gasteiger partial charge in [-0.3, -0.25) is 4.79 Å². The van der Waals surface area contributed by atoms with E-state index in [-0.39, 0.29) is 17.8 Å². The van der Waals surface area contributed by atoms with Crippen LogP contribution in [0.2, 0.25) is 0 Å². The van der Waals surface area contributed by atoms with Gasteiger partial charge in [0, 0.05) is 22.7 Å². The van der Waals surface area contributed by atoms with Gasteiger partial charge in [-0.15, -0.1) is 0 Å². The van der Waals surface area contributed by atoms with Crippen molar-refractivity contribution in [3.8, 4) is 0 Å². The molecule has 0 radical (unpaired) electrons. The lowest BCUT2D eigenvalue weighted by Crippen LogP contribution is -2.06. The van der Waals surface area contributed by atoms with Crippen LogP contribution in [0.15, 0.2) is 24.3 Å². The van der Waals surface area contributed by atoms with Gasteiger partial charge in [0.2, 0.25) is 9.05 Å². The molecule has 0 unspecified atom stereocenters. The van der Waals surface area contributed by atoms with Crippen LogP contribution in [0.25, 0.3) is 0 Å². The summed E-state index contributed by atoms with van der Waals surface area (Å²) < 4.78 is 33.6. The molecule has 0 aliphatic carbocycles. The first kappa shape index (κ1) is 12.1. The Morgan fingerprint density at radius 2 is 1.80 bits per heavy atom. The van der Waals surface area contributed by atoms with Gasteiger partial charge in [-0.05, 0) is 24.3 Å². The number of carbonyl (C=O) groups is 1. The highest BCUT2D eigenvalue weighted by atomic mass is 35.7. The SMILES string of the molecule is O=C(CCS(=O)(=O)Cl)c1ccc(F)cc1. The number of hydrogen-bond acceptors (Lipinski definition) is 3. The molecule has 0 heterocycles. The lowest BCUT2D eigenvalue weighted by Gasteiger charge is -1.98. The van der Waals surface area contributed by atoms with Crippen LogP contribution < -0.4 is 0 Å². The molecule has 0 atom stereocenters. The first-order valence-corrected chi connectivity index (χ1v) is 6.57. The predicted octanol–water partition coefficient (Wildman–Crippen LogP) is 1.97. The third-order valence-electron chi connectivity index (χ3n) is 1.74. The third-order valence-corrected chi connectivity index (χ3v) is 2.89. The molecule has 1 aromatic carbocycles. The van der Waals surface area contributed by atoms with Crippen LogP contribution in [-0.2, 0) is 9.05 Å². The Hall–Kier alpha value is -0.940. The van der Waals surface area contributed by atoms with Gasteiger partial charge in [0.05, 0.1) is 5.75 Å². The fourth-order valence-corrected chi connectivity index (χ4v) is 1.66. The molecule has 1 rings (SSSR count). The number of carbonyl (C=O) groups excluding carboxylic acids is 1. The van der Waals surface area contributed by atoms with Gasteiger partial charge in [0.1, 0.15) is 5.82 Å². The van der Waals surface area contributed by atoms with Crippen LogP contribution in [0.1, 0.15) is 16.8 Å². The van der Waals surface area contributed by atoms with E-state index < -0.39 is 20.6 Å². The van der Waals surface area contributed by atoms with Crippen LogP contribution in [0.3, 0.4) is 0 Å². The summed E-state index contributed by atoms with van der Waals surface area (Å²) in [5.74, 6) is -1.24. The second kappa shape index (κ2) is 4.72. The van der Waals surface area contributed by atoms with Crippen molar-refractivity contribution < 1.29 is 17.6 Å². The molecule has 0 aliphatic rings. The largest absolute Gasteiger partial charge is 0.294 e. The van der Waals surface area contributed by atoms with Crippen molar-refractivity contribution in [1.29, 1.82) is 0 Å². The van der Waals surface area contributed by atoms with Crippen molar-refractivity contribution in [2.24, 2.45) is 0 Å². The molecule has 82 valence electrons. The number of benzene rings is 1. The molecule has 6 heteroatoms. The molecular formula is C9H8ClFO3S. The Kier molecular flexibility index (Phi) is 3.82. The molecule has 0 fully saturated rings. The normalized spacial score (nSPS) is 11.3. The molecule has 15 heavy (non-hydrogen) atoms. The van der Waals surface area contributed by atoms with Crippen molar-refractivity contribution in [2.75, 3.05) is 5.75 Å². The molecule has 0 aromatic heterocycles. The molecule has 0 spiro atoms. The van der Waals surface area contributed by atoms with E-state index in [0.29, 0.717) is 0 Å². The number of ketones is 1. The quantitative estimate of drug-likeness (QED) is 0.606. The van der Waals surface area contributed by atoms with Gasteiger partial charge in [-0.25, -0.2) is 12.8 Å². The zero-order valence-electron chi connectivity index (χ0n) is 7.61. The lowest BCUT2D eigenvalue weighted by atomic mass is 10.1. The molecule has 3 nitrogen and oxygen atoms in total. The van der Waals surface area contributed by atoms with Crippen molar-refractivity contribution in [3.63, 3.8) is 0 Å². The van der Waals surface area contributed by atoms with Gasteiger partial charge in [-0.2, -0.15) is 0 Å². The molecule has 0 N–H and O–H groups in total. The van der Waals surface area contributed by atoms with Gasteiger partial charge >= 0.3 is 0 Å². The highest BCUT2D eigenvalue weighted by molar-refractivity contribution is 8.13. The highest BCUT2D eigenvalue weighted by Crippen LogP contribution is 2.08. The number of Topliss-reactive ketones (excluding diaryl/α,β-unsaturated/α-hetero) is 1. The molecule has 0 saturated heterocycles. The summed E-state index contributed by atoms with van der Waals surface area (Å²) in [6, 6.07) is 4.89. The minimum Gasteiger partial charge on any atom is -0.294 e. The summed E-state index contributed by atoms with van der Waals surface area (Å²) in [7, 11) is 1.29. The number of halogens is 2. The Morgan fingerprint density at radius 3 is 2.27 bits per heavy atom. The summed E-state index contributed by atoms with van der Waals surface area (Å²) in [4.78, 5) is 11.4. The lowest BCUT2D eigenvalue weighted by molar-refractivity contribution is 0.0989. The van der Waals surface area contributed by atoms with Crippen LogP contribution in [-0.4, -0.2) is 20.0 Å². The third kappa shape index (κ3) is 4.40. The summed E-state index contributed by atoms with van der Waals surface area (Å²) in [5, 5.41) is 0. The molecule has 0 amide bonds. The predicted molar refractivity (Wildman–Crippen MR) is 55.0 cm³/mol. The van der Waals surface area contributed by atoms with E-state index in [4.69, 9.17) is 10.7 Å². The summed E-state index contributed by atoms with van der Waals surface area (Å²) >= 11 is 0. The maximum atomic E-state index is 12.5. The second-order valence-corrected chi connectivity index (χ2v) is 5.82. The van der Waals surface area contributed by atoms with Crippen LogP contribution in [0, 0.1) is 5.82 Å². The summed E-state index contributed by atoms with van der Waals surface area (Å²) in [5.41, 5.74) is 0.275. The standard InChI is InChI=1S/C9H8ClFO3S/c10-15(13,14)6-5-9(12)7-1-3-8(11)4-2-7/h1-4H,5-6H2. The first-order valence-electron chi connectivity index (χ1n) is 4.09. The van der Waals surface area contributed by atoms with Crippen molar-refractivity contribution in [3.05, 3.63) is 35.6 Å². The molecule has 0 bridgehead atoms. The molecule has 0 saturated carbocycles. The minimum absolute atomic E-state index is 0.197. The van der Waals surface area contributed by atoms with E-state index >= 15 is 0 Å². The Morgan fingerprint density at radius 1 is 1.27 bits per heavy atom. The van der Waals surface area contributed by atoms with Gasteiger partial charge in [-0.1, -0.05) is 0 Å². The fourth-order valence-electron chi connectivity index (χ4n) is 0.995. The highest BCUT2D eigenvalue weighted by Gasteiger charge is 2.11. The Labute approximate surface area is 91.3 Å². The van der Waals surface area contributed by atoms with E-state index in [2.05, 4.69) is 0 Å². The maximum Gasteiger partial charge on any atom is 0.233 e. The fraction of sp³-hybridized carbons (Fsp3) is 0.222. The molecule has 0 aliphatic heterocycles. The van der Waals surface area contributed by atoms with Gasteiger partial charge in [0.15, 0.2) is 5.78 Å². The topological polar surface area (TPSA) is 51.2 Å². The smallest absolute Gasteiger partial charge is 0.233 e. The molecular weight excluding hydrogens is 243 g/mol. The second-order valence-electron chi connectivity index (χ2n) is 2.92.